The van der Waals surface area contributed by atoms with Crippen LogP contribution in [0, 0.1) is 0 Å². The van der Waals surface area contributed by atoms with Gasteiger partial charge in [-0.05, 0) is 19.1 Å². The van der Waals surface area contributed by atoms with Crippen LogP contribution in [0.3, 0.4) is 0 Å². The standard InChI is InChI=1S/C14H21N3O/c1-11-10-16(2)13-4-3-12(9-14(13)18-11)17-7-5-15-6-8-17/h3-4,9,11,15H,5-8,10H2,1-2H3. The molecule has 1 unspecified atom stereocenters. The van der Waals surface area contributed by atoms with Gasteiger partial charge in [-0.15, -0.1) is 0 Å². The van der Waals surface area contributed by atoms with Gasteiger partial charge in [0, 0.05) is 45.0 Å². The van der Waals surface area contributed by atoms with E-state index >= 15 is 0 Å². The van der Waals surface area contributed by atoms with Gasteiger partial charge in [-0.3, -0.25) is 0 Å². The first-order chi connectivity index (χ1) is 8.74. The molecule has 2 aliphatic heterocycles. The molecule has 0 saturated carbocycles. The number of ether oxygens (including phenoxy) is 1. The Labute approximate surface area is 109 Å². The molecule has 1 N–H and O–H groups in total. The summed E-state index contributed by atoms with van der Waals surface area (Å²) >= 11 is 0. The fraction of sp³-hybridized carbons (Fsp3) is 0.571. The van der Waals surface area contributed by atoms with Crippen molar-refractivity contribution in [1.82, 2.24) is 5.32 Å². The minimum absolute atomic E-state index is 0.265. The Morgan fingerprint density at radius 2 is 2.06 bits per heavy atom. The Hall–Kier alpha value is -1.42. The quantitative estimate of drug-likeness (QED) is 0.810. The van der Waals surface area contributed by atoms with E-state index in [4.69, 9.17) is 4.74 Å². The molecular formula is C14H21N3O. The number of nitrogens with zero attached hydrogens (tertiary/aromatic N) is 2. The topological polar surface area (TPSA) is 27.7 Å². The van der Waals surface area contributed by atoms with Crippen molar-refractivity contribution in [3.8, 4) is 5.75 Å². The maximum atomic E-state index is 5.95. The molecule has 2 heterocycles. The van der Waals surface area contributed by atoms with Gasteiger partial charge in [0.2, 0.25) is 0 Å². The number of hydrogen-bond acceptors (Lipinski definition) is 4. The number of anilines is 2. The highest BCUT2D eigenvalue weighted by Crippen LogP contribution is 2.35. The third kappa shape index (κ3) is 2.12. The number of nitrogens with one attached hydrogen (secondary N) is 1. The molecule has 1 aromatic carbocycles. The summed E-state index contributed by atoms with van der Waals surface area (Å²) in [5.41, 5.74) is 2.48. The lowest BCUT2D eigenvalue weighted by atomic mass is 10.1. The summed E-state index contributed by atoms with van der Waals surface area (Å²) in [7, 11) is 2.13. The van der Waals surface area contributed by atoms with Gasteiger partial charge in [-0.2, -0.15) is 0 Å². The van der Waals surface area contributed by atoms with Gasteiger partial charge in [-0.25, -0.2) is 0 Å². The van der Waals surface area contributed by atoms with Crippen LogP contribution in [-0.2, 0) is 0 Å². The minimum atomic E-state index is 0.265. The van der Waals surface area contributed by atoms with Gasteiger partial charge in [0.25, 0.3) is 0 Å². The van der Waals surface area contributed by atoms with Gasteiger partial charge in [0.15, 0.2) is 0 Å². The van der Waals surface area contributed by atoms with E-state index in [0.29, 0.717) is 0 Å². The van der Waals surface area contributed by atoms with E-state index in [1.54, 1.807) is 0 Å². The van der Waals surface area contributed by atoms with Crippen LogP contribution in [0.5, 0.6) is 5.75 Å². The second-order valence-corrected chi connectivity index (χ2v) is 5.20. The number of benzene rings is 1. The van der Waals surface area contributed by atoms with E-state index in [2.05, 4.69) is 47.3 Å². The van der Waals surface area contributed by atoms with Crippen LogP contribution in [0.4, 0.5) is 11.4 Å². The van der Waals surface area contributed by atoms with E-state index in [0.717, 1.165) is 38.5 Å². The number of likely N-dealkylation sites (N-methyl/N-ethyl adjacent to an activating group) is 1. The highest BCUT2D eigenvalue weighted by molar-refractivity contribution is 5.66. The second-order valence-electron chi connectivity index (χ2n) is 5.20. The fourth-order valence-electron chi connectivity index (χ4n) is 2.77. The van der Waals surface area contributed by atoms with Crippen LogP contribution >= 0.6 is 0 Å². The third-order valence-electron chi connectivity index (χ3n) is 3.70. The first-order valence-electron chi connectivity index (χ1n) is 6.71. The molecule has 0 amide bonds. The van der Waals surface area contributed by atoms with Crippen LogP contribution < -0.4 is 19.9 Å². The fourth-order valence-corrected chi connectivity index (χ4v) is 2.77. The summed E-state index contributed by atoms with van der Waals surface area (Å²) in [6, 6.07) is 6.57. The highest BCUT2D eigenvalue weighted by atomic mass is 16.5. The zero-order valence-corrected chi connectivity index (χ0v) is 11.1. The van der Waals surface area contributed by atoms with Crippen molar-refractivity contribution < 1.29 is 4.74 Å². The molecule has 0 radical (unpaired) electrons. The van der Waals surface area contributed by atoms with Crippen LogP contribution in [0.25, 0.3) is 0 Å². The molecular weight excluding hydrogens is 226 g/mol. The Morgan fingerprint density at radius 1 is 1.28 bits per heavy atom. The summed E-state index contributed by atoms with van der Waals surface area (Å²) in [6.07, 6.45) is 0.265. The molecule has 18 heavy (non-hydrogen) atoms. The van der Waals surface area contributed by atoms with Crippen LogP contribution in [0.15, 0.2) is 18.2 Å². The summed E-state index contributed by atoms with van der Waals surface area (Å²) in [6.45, 7) is 7.35. The Balaban J connectivity index is 1.87. The van der Waals surface area contributed by atoms with Crippen molar-refractivity contribution >= 4 is 11.4 Å². The monoisotopic (exact) mass is 247 g/mol. The van der Waals surface area contributed by atoms with Crippen molar-refractivity contribution in [2.45, 2.75) is 13.0 Å². The molecule has 98 valence electrons. The molecule has 1 aromatic rings. The molecule has 0 aromatic heterocycles. The SMILES string of the molecule is CC1CN(C)c2ccc(N3CCNCC3)cc2O1. The first kappa shape index (κ1) is 11.7. The van der Waals surface area contributed by atoms with Gasteiger partial charge in [0.1, 0.15) is 11.9 Å². The van der Waals surface area contributed by atoms with Crippen molar-refractivity contribution in [2.24, 2.45) is 0 Å². The summed E-state index contributed by atoms with van der Waals surface area (Å²) in [5.74, 6) is 1.02. The van der Waals surface area contributed by atoms with Gasteiger partial charge < -0.3 is 19.9 Å². The predicted molar refractivity (Wildman–Crippen MR) is 74.9 cm³/mol. The molecule has 4 nitrogen and oxygen atoms in total. The lowest BCUT2D eigenvalue weighted by molar-refractivity contribution is 0.215. The van der Waals surface area contributed by atoms with Gasteiger partial charge in [0.05, 0.1) is 12.2 Å². The highest BCUT2D eigenvalue weighted by Gasteiger charge is 2.21. The van der Waals surface area contributed by atoms with Crippen molar-refractivity contribution in [1.29, 1.82) is 0 Å². The maximum absolute atomic E-state index is 5.95. The van der Waals surface area contributed by atoms with Crippen LogP contribution in [0.2, 0.25) is 0 Å². The van der Waals surface area contributed by atoms with E-state index in [1.807, 2.05) is 0 Å². The second kappa shape index (κ2) is 4.69. The molecule has 4 heteroatoms. The first-order valence-corrected chi connectivity index (χ1v) is 6.71. The third-order valence-corrected chi connectivity index (χ3v) is 3.70. The summed E-state index contributed by atoms with van der Waals surface area (Å²) < 4.78 is 5.95. The number of rotatable bonds is 1. The Morgan fingerprint density at radius 3 is 2.83 bits per heavy atom. The normalized spacial score (nSPS) is 23.6. The molecule has 1 saturated heterocycles. The van der Waals surface area contributed by atoms with Gasteiger partial charge >= 0.3 is 0 Å². The molecule has 0 aliphatic carbocycles. The smallest absolute Gasteiger partial charge is 0.145 e. The average molecular weight is 247 g/mol. The minimum Gasteiger partial charge on any atom is -0.487 e. The molecule has 1 fully saturated rings. The van der Waals surface area contributed by atoms with Crippen molar-refractivity contribution in [2.75, 3.05) is 49.6 Å². The maximum Gasteiger partial charge on any atom is 0.145 e. The zero-order chi connectivity index (χ0) is 12.5. The predicted octanol–water partition coefficient (Wildman–Crippen LogP) is 1.31. The average Bonchev–Trinajstić information content (AvgIpc) is 2.39. The molecule has 0 spiro atoms. The van der Waals surface area contributed by atoms with Crippen molar-refractivity contribution in [3.63, 3.8) is 0 Å². The van der Waals surface area contributed by atoms with Crippen LogP contribution in [-0.4, -0.2) is 45.9 Å². The Bertz CT molecular complexity index is 429. The largest absolute Gasteiger partial charge is 0.487 e. The number of piperazine rings is 1. The number of hydrogen-bond donors (Lipinski definition) is 1. The lowest BCUT2D eigenvalue weighted by Gasteiger charge is -2.34. The van der Waals surface area contributed by atoms with E-state index < -0.39 is 0 Å². The van der Waals surface area contributed by atoms with E-state index in [-0.39, 0.29) is 6.10 Å². The molecule has 2 aliphatic rings. The zero-order valence-electron chi connectivity index (χ0n) is 11.1. The molecule has 1 atom stereocenters. The van der Waals surface area contributed by atoms with Gasteiger partial charge in [-0.1, -0.05) is 0 Å². The van der Waals surface area contributed by atoms with E-state index in [1.165, 1.54) is 11.4 Å². The number of fused-ring (bicyclic) bond motifs is 1. The summed E-state index contributed by atoms with van der Waals surface area (Å²) in [5, 5.41) is 3.38. The molecule has 3 rings (SSSR count). The summed E-state index contributed by atoms with van der Waals surface area (Å²) in [4.78, 5) is 4.68. The van der Waals surface area contributed by atoms with E-state index in [9.17, 15) is 0 Å². The lowest BCUT2D eigenvalue weighted by Crippen LogP contribution is -2.43. The molecule has 0 bridgehead atoms. The van der Waals surface area contributed by atoms with Crippen LogP contribution in [0.1, 0.15) is 6.92 Å². The Kier molecular flexibility index (Phi) is 3.04. The van der Waals surface area contributed by atoms with Crippen molar-refractivity contribution in [3.05, 3.63) is 18.2 Å².